The molecule has 0 heterocycles. The standard InChI is InChI=1S/C27H44O4/c1-3-4-5-6-7-8-9-10-11-12-13-14-15-18-23-30-26(28)21-22-27(29)31-25-20-17-16-19-24(25)2/h16-17,19-20H,3-15,18,21-23H2,1-2H3. The van der Waals surface area contributed by atoms with Gasteiger partial charge in [-0.1, -0.05) is 109 Å². The van der Waals surface area contributed by atoms with Crippen LogP contribution in [0.3, 0.4) is 0 Å². The first-order valence-electron chi connectivity index (χ1n) is 12.6. The number of carbonyl (C=O) groups excluding carboxylic acids is 2. The predicted octanol–water partition coefficient (Wildman–Crippen LogP) is 7.71. The summed E-state index contributed by atoms with van der Waals surface area (Å²) in [5, 5.41) is 0. The zero-order valence-corrected chi connectivity index (χ0v) is 20.0. The molecular weight excluding hydrogens is 388 g/mol. The second-order valence-electron chi connectivity index (χ2n) is 8.56. The fourth-order valence-corrected chi connectivity index (χ4v) is 3.60. The van der Waals surface area contributed by atoms with Crippen LogP contribution in [0.25, 0.3) is 0 Å². The van der Waals surface area contributed by atoms with E-state index < -0.39 is 5.97 Å². The molecule has 0 aromatic heterocycles. The molecule has 0 bridgehead atoms. The third kappa shape index (κ3) is 15.6. The number of hydrogen-bond donors (Lipinski definition) is 0. The Morgan fingerprint density at radius 3 is 1.71 bits per heavy atom. The molecule has 0 aliphatic rings. The molecule has 0 radical (unpaired) electrons. The summed E-state index contributed by atoms with van der Waals surface area (Å²) in [5.74, 6) is -0.178. The summed E-state index contributed by atoms with van der Waals surface area (Å²) in [5.41, 5.74) is 0.899. The van der Waals surface area contributed by atoms with Crippen LogP contribution in [0.4, 0.5) is 0 Å². The van der Waals surface area contributed by atoms with E-state index in [2.05, 4.69) is 6.92 Å². The zero-order valence-electron chi connectivity index (χ0n) is 20.0. The number of aryl methyl sites for hydroxylation is 1. The van der Waals surface area contributed by atoms with Crippen molar-refractivity contribution in [2.45, 2.75) is 117 Å². The van der Waals surface area contributed by atoms with Crippen LogP contribution in [0.2, 0.25) is 0 Å². The largest absolute Gasteiger partial charge is 0.466 e. The van der Waals surface area contributed by atoms with Crippen LogP contribution in [-0.4, -0.2) is 18.5 Å². The summed E-state index contributed by atoms with van der Waals surface area (Å²) >= 11 is 0. The Morgan fingerprint density at radius 2 is 1.16 bits per heavy atom. The lowest BCUT2D eigenvalue weighted by Gasteiger charge is -2.07. The molecule has 0 atom stereocenters. The smallest absolute Gasteiger partial charge is 0.311 e. The molecule has 0 N–H and O–H groups in total. The normalized spacial score (nSPS) is 10.8. The average molecular weight is 433 g/mol. The van der Waals surface area contributed by atoms with Gasteiger partial charge >= 0.3 is 11.9 Å². The number of para-hydroxylation sites is 1. The minimum atomic E-state index is -0.400. The van der Waals surface area contributed by atoms with E-state index in [9.17, 15) is 9.59 Å². The van der Waals surface area contributed by atoms with Gasteiger partial charge in [-0.05, 0) is 25.0 Å². The van der Waals surface area contributed by atoms with Gasteiger partial charge < -0.3 is 9.47 Å². The Bertz CT molecular complexity index is 597. The van der Waals surface area contributed by atoms with E-state index in [0.717, 1.165) is 18.4 Å². The first-order valence-corrected chi connectivity index (χ1v) is 12.6. The van der Waals surface area contributed by atoms with Crippen molar-refractivity contribution in [3.05, 3.63) is 29.8 Å². The van der Waals surface area contributed by atoms with Gasteiger partial charge in [-0.2, -0.15) is 0 Å². The van der Waals surface area contributed by atoms with E-state index in [1.165, 1.54) is 77.0 Å². The molecule has 0 saturated carbocycles. The Kier molecular flexibility index (Phi) is 16.6. The summed E-state index contributed by atoms with van der Waals surface area (Å²) in [6, 6.07) is 7.34. The number of rotatable bonds is 19. The number of esters is 2. The van der Waals surface area contributed by atoms with Crippen LogP contribution in [-0.2, 0) is 14.3 Å². The fourth-order valence-electron chi connectivity index (χ4n) is 3.60. The quantitative estimate of drug-likeness (QED) is 0.128. The van der Waals surface area contributed by atoms with Gasteiger partial charge in [-0.15, -0.1) is 0 Å². The van der Waals surface area contributed by atoms with Gasteiger partial charge in [-0.3, -0.25) is 9.59 Å². The summed E-state index contributed by atoms with van der Waals surface area (Å²) < 4.78 is 10.5. The highest BCUT2D eigenvalue weighted by Gasteiger charge is 2.11. The molecule has 4 heteroatoms. The molecule has 0 fully saturated rings. The highest BCUT2D eigenvalue weighted by atomic mass is 16.5. The van der Waals surface area contributed by atoms with E-state index in [-0.39, 0.29) is 18.8 Å². The van der Waals surface area contributed by atoms with Gasteiger partial charge in [0.2, 0.25) is 0 Å². The second kappa shape index (κ2) is 18.9. The van der Waals surface area contributed by atoms with Crippen molar-refractivity contribution in [2.24, 2.45) is 0 Å². The highest BCUT2D eigenvalue weighted by molar-refractivity contribution is 5.79. The molecule has 31 heavy (non-hydrogen) atoms. The minimum absolute atomic E-state index is 0.0475. The third-order valence-electron chi connectivity index (χ3n) is 5.61. The van der Waals surface area contributed by atoms with Crippen molar-refractivity contribution in [2.75, 3.05) is 6.61 Å². The molecule has 0 aliphatic carbocycles. The van der Waals surface area contributed by atoms with Crippen molar-refractivity contribution < 1.29 is 19.1 Å². The molecule has 1 rings (SSSR count). The van der Waals surface area contributed by atoms with Crippen molar-refractivity contribution in [3.63, 3.8) is 0 Å². The van der Waals surface area contributed by atoms with E-state index in [0.29, 0.717) is 12.4 Å². The monoisotopic (exact) mass is 432 g/mol. The Labute approximate surface area is 190 Å². The number of carbonyl (C=O) groups is 2. The highest BCUT2D eigenvalue weighted by Crippen LogP contribution is 2.17. The van der Waals surface area contributed by atoms with Gasteiger partial charge in [0.15, 0.2) is 0 Å². The lowest BCUT2D eigenvalue weighted by Crippen LogP contribution is -2.13. The van der Waals surface area contributed by atoms with Crippen LogP contribution in [0, 0.1) is 6.92 Å². The summed E-state index contributed by atoms with van der Waals surface area (Å²) in [4.78, 5) is 23.6. The van der Waals surface area contributed by atoms with E-state index >= 15 is 0 Å². The van der Waals surface area contributed by atoms with E-state index in [4.69, 9.17) is 9.47 Å². The maximum atomic E-state index is 11.9. The van der Waals surface area contributed by atoms with Crippen molar-refractivity contribution >= 4 is 11.9 Å². The molecule has 0 unspecified atom stereocenters. The van der Waals surface area contributed by atoms with Crippen molar-refractivity contribution in [1.29, 1.82) is 0 Å². The first-order chi connectivity index (χ1) is 15.1. The third-order valence-corrected chi connectivity index (χ3v) is 5.61. The molecule has 1 aromatic carbocycles. The molecule has 0 spiro atoms. The van der Waals surface area contributed by atoms with Gasteiger partial charge in [-0.25, -0.2) is 0 Å². The molecule has 4 nitrogen and oxygen atoms in total. The summed E-state index contributed by atoms with van der Waals surface area (Å²) in [6.45, 7) is 4.60. The van der Waals surface area contributed by atoms with Crippen LogP contribution >= 0.6 is 0 Å². The van der Waals surface area contributed by atoms with Gasteiger partial charge in [0.25, 0.3) is 0 Å². The Balaban J connectivity index is 1.86. The lowest BCUT2D eigenvalue weighted by atomic mass is 10.0. The Hall–Kier alpha value is -1.84. The fraction of sp³-hybridized carbons (Fsp3) is 0.704. The van der Waals surface area contributed by atoms with Crippen LogP contribution in [0.15, 0.2) is 24.3 Å². The maximum absolute atomic E-state index is 11.9. The molecule has 176 valence electrons. The van der Waals surface area contributed by atoms with E-state index in [1.807, 2.05) is 25.1 Å². The van der Waals surface area contributed by atoms with Crippen LogP contribution in [0.1, 0.15) is 115 Å². The molecule has 1 aromatic rings. The van der Waals surface area contributed by atoms with Gasteiger partial charge in [0.05, 0.1) is 19.4 Å². The van der Waals surface area contributed by atoms with Crippen molar-refractivity contribution in [1.82, 2.24) is 0 Å². The maximum Gasteiger partial charge on any atom is 0.311 e. The number of benzene rings is 1. The summed E-state index contributed by atoms with van der Waals surface area (Å²) in [6.07, 6.45) is 18.4. The van der Waals surface area contributed by atoms with E-state index in [1.54, 1.807) is 6.07 Å². The molecular formula is C27H44O4. The first kappa shape index (κ1) is 27.2. The van der Waals surface area contributed by atoms with Gasteiger partial charge in [0.1, 0.15) is 5.75 Å². The number of hydrogen-bond acceptors (Lipinski definition) is 4. The zero-order chi connectivity index (χ0) is 22.6. The van der Waals surface area contributed by atoms with Crippen LogP contribution in [0.5, 0.6) is 5.75 Å². The van der Waals surface area contributed by atoms with Gasteiger partial charge in [0, 0.05) is 0 Å². The summed E-state index contributed by atoms with van der Waals surface area (Å²) in [7, 11) is 0. The lowest BCUT2D eigenvalue weighted by molar-refractivity contribution is -0.147. The molecule has 0 saturated heterocycles. The number of unbranched alkanes of at least 4 members (excludes halogenated alkanes) is 13. The van der Waals surface area contributed by atoms with Crippen LogP contribution < -0.4 is 4.74 Å². The SMILES string of the molecule is CCCCCCCCCCCCCCCCOC(=O)CCC(=O)Oc1ccccc1C. The Morgan fingerprint density at radius 1 is 0.677 bits per heavy atom. The average Bonchev–Trinajstić information content (AvgIpc) is 2.76. The van der Waals surface area contributed by atoms with Crippen molar-refractivity contribution in [3.8, 4) is 5.75 Å². The minimum Gasteiger partial charge on any atom is -0.466 e. The molecule has 0 amide bonds. The molecule has 0 aliphatic heterocycles. The topological polar surface area (TPSA) is 52.6 Å². The predicted molar refractivity (Wildman–Crippen MR) is 127 cm³/mol. The number of ether oxygens (including phenoxy) is 2. The second-order valence-corrected chi connectivity index (χ2v) is 8.56.